The molecule has 26 heavy (non-hydrogen) atoms. The summed E-state index contributed by atoms with van der Waals surface area (Å²) in [4.78, 5) is 23.9. The van der Waals surface area contributed by atoms with Crippen molar-refractivity contribution in [2.45, 2.75) is 32.2 Å². The molecule has 1 saturated heterocycles. The van der Waals surface area contributed by atoms with Crippen molar-refractivity contribution < 1.29 is 4.79 Å². The van der Waals surface area contributed by atoms with Crippen molar-refractivity contribution in [1.82, 2.24) is 19.4 Å². The molecule has 1 unspecified atom stereocenters. The number of fused-ring (bicyclic) bond motifs is 1. The van der Waals surface area contributed by atoms with Gasteiger partial charge in [0.1, 0.15) is 11.3 Å². The van der Waals surface area contributed by atoms with Crippen LogP contribution >= 0.6 is 11.6 Å². The Bertz CT molecular complexity index is 952. The molecule has 5 nitrogen and oxygen atoms in total. The molecule has 3 heterocycles. The van der Waals surface area contributed by atoms with Gasteiger partial charge in [0.2, 0.25) is 5.91 Å². The average Bonchev–Trinajstić information content (AvgIpc) is 3.27. The van der Waals surface area contributed by atoms with Crippen LogP contribution in [0.4, 0.5) is 0 Å². The number of benzene rings is 1. The summed E-state index contributed by atoms with van der Waals surface area (Å²) in [6.07, 6.45) is 3.07. The largest absolute Gasteiger partial charge is 0.342 e. The normalized spacial score (nSPS) is 17.2. The Morgan fingerprint density at radius 3 is 2.92 bits per heavy atom. The number of aromatic nitrogens is 3. The molecule has 6 heteroatoms. The zero-order valence-corrected chi connectivity index (χ0v) is 15.5. The quantitative estimate of drug-likeness (QED) is 0.706. The molecule has 0 N–H and O–H groups in total. The molecule has 0 saturated carbocycles. The summed E-state index contributed by atoms with van der Waals surface area (Å²) in [7, 11) is 0. The highest BCUT2D eigenvalue weighted by Crippen LogP contribution is 2.29. The lowest BCUT2D eigenvalue weighted by molar-refractivity contribution is -0.129. The fourth-order valence-corrected chi connectivity index (χ4v) is 3.92. The molecule has 1 fully saturated rings. The van der Waals surface area contributed by atoms with Crippen LogP contribution in [0, 0.1) is 0 Å². The molecule has 3 aromatic rings. The Kier molecular flexibility index (Phi) is 4.64. The molecule has 0 radical (unpaired) electrons. The number of hydrogen-bond donors (Lipinski definition) is 0. The van der Waals surface area contributed by atoms with Crippen molar-refractivity contribution >= 4 is 28.7 Å². The predicted molar refractivity (Wildman–Crippen MR) is 102 cm³/mol. The zero-order chi connectivity index (χ0) is 18.1. The maximum absolute atomic E-state index is 12.7. The van der Waals surface area contributed by atoms with Crippen LogP contribution < -0.4 is 0 Å². The number of pyridine rings is 1. The van der Waals surface area contributed by atoms with Gasteiger partial charge in [-0.1, -0.05) is 29.8 Å². The molecule has 0 aliphatic carbocycles. The van der Waals surface area contributed by atoms with Gasteiger partial charge in [-0.25, -0.2) is 9.97 Å². The fourth-order valence-electron chi connectivity index (χ4n) is 3.71. The number of rotatable bonds is 4. The molecule has 134 valence electrons. The lowest BCUT2D eigenvalue weighted by Gasteiger charge is -2.17. The van der Waals surface area contributed by atoms with Gasteiger partial charge in [0.05, 0.1) is 6.42 Å². The van der Waals surface area contributed by atoms with E-state index in [1.54, 1.807) is 6.20 Å². The van der Waals surface area contributed by atoms with Gasteiger partial charge in [-0.15, -0.1) is 0 Å². The Hall–Kier alpha value is -2.40. The van der Waals surface area contributed by atoms with Crippen LogP contribution in [-0.4, -0.2) is 38.4 Å². The van der Waals surface area contributed by atoms with Crippen molar-refractivity contribution in [3.05, 3.63) is 59.0 Å². The van der Waals surface area contributed by atoms with Crippen molar-refractivity contribution in [3.8, 4) is 0 Å². The molecule has 1 aromatic carbocycles. The van der Waals surface area contributed by atoms with Gasteiger partial charge in [0.15, 0.2) is 5.65 Å². The summed E-state index contributed by atoms with van der Waals surface area (Å²) in [6.45, 7) is 4.39. The molecule has 4 rings (SSSR count). The first-order valence-electron chi connectivity index (χ1n) is 8.99. The Labute approximate surface area is 157 Å². The molecule has 1 aliphatic heterocycles. The second kappa shape index (κ2) is 7.08. The number of halogens is 1. The summed E-state index contributed by atoms with van der Waals surface area (Å²) < 4.78 is 2.17. The monoisotopic (exact) mass is 368 g/mol. The second-order valence-corrected chi connectivity index (χ2v) is 7.06. The number of amides is 1. The first kappa shape index (κ1) is 17.0. The number of imidazole rings is 1. The van der Waals surface area contributed by atoms with Crippen LogP contribution in [0.3, 0.4) is 0 Å². The van der Waals surface area contributed by atoms with E-state index in [-0.39, 0.29) is 11.8 Å². The minimum absolute atomic E-state index is 0.123. The number of hydrogen-bond acceptors (Lipinski definition) is 3. The minimum Gasteiger partial charge on any atom is -0.342 e. The first-order chi connectivity index (χ1) is 12.7. The summed E-state index contributed by atoms with van der Waals surface area (Å²) >= 11 is 6.19. The molecule has 1 aliphatic rings. The van der Waals surface area contributed by atoms with Crippen molar-refractivity contribution in [3.63, 3.8) is 0 Å². The van der Waals surface area contributed by atoms with E-state index in [4.69, 9.17) is 16.6 Å². The summed E-state index contributed by atoms with van der Waals surface area (Å²) in [5.74, 6) is 1.41. The van der Waals surface area contributed by atoms with E-state index in [9.17, 15) is 4.79 Å². The van der Waals surface area contributed by atoms with Crippen LogP contribution in [0.1, 0.15) is 30.7 Å². The smallest absolute Gasteiger partial charge is 0.227 e. The third-order valence-electron chi connectivity index (χ3n) is 5.06. The Morgan fingerprint density at radius 1 is 1.27 bits per heavy atom. The van der Waals surface area contributed by atoms with Gasteiger partial charge in [-0.3, -0.25) is 4.79 Å². The fraction of sp³-hybridized carbons (Fsp3) is 0.350. The van der Waals surface area contributed by atoms with E-state index in [0.717, 1.165) is 42.1 Å². The molecule has 1 atom stereocenters. The van der Waals surface area contributed by atoms with Crippen LogP contribution in [0.2, 0.25) is 5.02 Å². The van der Waals surface area contributed by atoms with E-state index < -0.39 is 0 Å². The molecule has 2 aromatic heterocycles. The molecule has 1 amide bonds. The van der Waals surface area contributed by atoms with Crippen LogP contribution in [0.15, 0.2) is 42.6 Å². The Balaban J connectivity index is 1.52. The number of aryl methyl sites for hydroxylation is 1. The summed E-state index contributed by atoms with van der Waals surface area (Å²) in [5, 5.41) is 0.649. The number of carbonyl (C=O) groups excluding carboxylic acids is 1. The number of likely N-dealkylation sites (tertiary alicyclic amines) is 1. The van der Waals surface area contributed by atoms with E-state index in [0.29, 0.717) is 18.0 Å². The Morgan fingerprint density at radius 2 is 2.12 bits per heavy atom. The molecule has 0 spiro atoms. The van der Waals surface area contributed by atoms with Gasteiger partial charge >= 0.3 is 0 Å². The van der Waals surface area contributed by atoms with Crippen LogP contribution in [0.5, 0.6) is 0 Å². The topological polar surface area (TPSA) is 51.0 Å². The second-order valence-electron chi connectivity index (χ2n) is 6.65. The summed E-state index contributed by atoms with van der Waals surface area (Å²) in [5.41, 5.74) is 2.73. The lowest BCUT2D eigenvalue weighted by Crippen LogP contribution is -2.30. The van der Waals surface area contributed by atoms with E-state index in [1.165, 1.54) is 0 Å². The third kappa shape index (κ3) is 3.07. The molecular weight excluding hydrogens is 348 g/mol. The van der Waals surface area contributed by atoms with Crippen molar-refractivity contribution in [2.75, 3.05) is 13.1 Å². The van der Waals surface area contributed by atoms with E-state index in [1.807, 2.05) is 41.3 Å². The third-order valence-corrected chi connectivity index (χ3v) is 5.42. The van der Waals surface area contributed by atoms with E-state index in [2.05, 4.69) is 16.5 Å². The summed E-state index contributed by atoms with van der Waals surface area (Å²) in [6, 6.07) is 11.4. The zero-order valence-electron chi connectivity index (χ0n) is 14.7. The highest BCUT2D eigenvalue weighted by Gasteiger charge is 2.31. The predicted octanol–water partition coefficient (Wildman–Crippen LogP) is 3.66. The maximum atomic E-state index is 12.7. The number of carbonyl (C=O) groups is 1. The van der Waals surface area contributed by atoms with E-state index >= 15 is 0 Å². The SMILES string of the molecule is CCn1c(C2CCN(C(=O)Cc3ccccc3Cl)C2)nc2cccnc21. The average molecular weight is 369 g/mol. The van der Waals surface area contributed by atoms with Gasteiger partial charge < -0.3 is 9.47 Å². The van der Waals surface area contributed by atoms with Gasteiger partial charge in [-0.05, 0) is 37.1 Å². The highest BCUT2D eigenvalue weighted by molar-refractivity contribution is 6.31. The maximum Gasteiger partial charge on any atom is 0.227 e. The highest BCUT2D eigenvalue weighted by atomic mass is 35.5. The van der Waals surface area contributed by atoms with Gasteiger partial charge in [-0.2, -0.15) is 0 Å². The minimum atomic E-state index is 0.123. The van der Waals surface area contributed by atoms with Crippen molar-refractivity contribution in [2.24, 2.45) is 0 Å². The number of nitrogens with zero attached hydrogens (tertiary/aromatic N) is 4. The van der Waals surface area contributed by atoms with Crippen molar-refractivity contribution in [1.29, 1.82) is 0 Å². The first-order valence-corrected chi connectivity index (χ1v) is 9.37. The molecular formula is C20H21ClN4O. The van der Waals surface area contributed by atoms with Crippen LogP contribution in [-0.2, 0) is 17.8 Å². The van der Waals surface area contributed by atoms with Gasteiger partial charge in [0.25, 0.3) is 0 Å². The molecule has 0 bridgehead atoms. The van der Waals surface area contributed by atoms with Gasteiger partial charge in [0, 0.05) is 36.8 Å². The lowest BCUT2D eigenvalue weighted by atomic mass is 10.1. The van der Waals surface area contributed by atoms with Crippen LogP contribution in [0.25, 0.3) is 11.2 Å². The standard InChI is InChI=1S/C20H21ClN4O/c1-2-25-19(23-17-8-5-10-22-20(17)25)15-9-11-24(13-15)18(26)12-14-6-3-4-7-16(14)21/h3-8,10,15H,2,9,11-13H2,1H3.